The van der Waals surface area contributed by atoms with Gasteiger partial charge in [0.1, 0.15) is 0 Å². The molecule has 0 aliphatic heterocycles. The maximum absolute atomic E-state index is 10.2. The summed E-state index contributed by atoms with van der Waals surface area (Å²) in [5, 5.41) is 16.8. The maximum atomic E-state index is 10.2. The van der Waals surface area contributed by atoms with Crippen LogP contribution in [0.1, 0.15) is 20.7 Å². The Bertz CT molecular complexity index is 756. The summed E-state index contributed by atoms with van der Waals surface area (Å²) < 4.78 is 11.2. The molecule has 3 aromatic rings. The standard InChI is InChI=1S/2C7H6O2.C6H5IO/c2*8-7(9)6-4-2-1-3-5-6;8-7-6-4-2-1-3-5-6/h2*1-5H,(H,8,9);1-5H. The summed E-state index contributed by atoms with van der Waals surface area (Å²) in [7, 11) is 0. The molecule has 0 radical (unpaired) electrons. The molecule has 5 nitrogen and oxygen atoms in total. The van der Waals surface area contributed by atoms with E-state index in [2.05, 4.69) is 0 Å². The highest BCUT2D eigenvalue weighted by atomic mass is 127. The van der Waals surface area contributed by atoms with E-state index in [1.54, 1.807) is 60.7 Å². The van der Waals surface area contributed by atoms with Crippen molar-refractivity contribution in [3.05, 3.63) is 106 Å². The molecule has 0 atom stereocenters. The molecule has 134 valence electrons. The summed E-state index contributed by atoms with van der Waals surface area (Å²) in [5.74, 6) is -1.76. The van der Waals surface area contributed by atoms with Crippen molar-refractivity contribution in [1.29, 1.82) is 0 Å². The number of benzene rings is 3. The summed E-state index contributed by atoms with van der Waals surface area (Å²) in [6.07, 6.45) is 0. The Kier molecular flexibility index (Phi) is 10.2. The van der Waals surface area contributed by atoms with Gasteiger partial charge in [0.2, 0.25) is 0 Å². The van der Waals surface area contributed by atoms with Crippen LogP contribution in [-0.2, 0) is 3.07 Å². The van der Waals surface area contributed by atoms with Gasteiger partial charge in [-0.1, -0.05) is 54.6 Å². The van der Waals surface area contributed by atoms with Gasteiger partial charge < -0.3 is 10.2 Å². The molecule has 2 N–H and O–H groups in total. The molecule has 0 unspecified atom stereocenters. The molecule has 0 saturated heterocycles. The zero-order valence-corrected chi connectivity index (χ0v) is 15.8. The van der Waals surface area contributed by atoms with Crippen molar-refractivity contribution in [2.75, 3.05) is 0 Å². The lowest BCUT2D eigenvalue weighted by atomic mass is 10.2. The molecular weight excluding hydrogens is 447 g/mol. The first-order valence-electron chi connectivity index (χ1n) is 7.43. The molecule has 6 heteroatoms. The molecule has 0 spiro atoms. The molecular formula is C20H17IO5. The number of aromatic carboxylic acids is 2. The minimum absolute atomic E-state index is 0.331. The zero-order chi connectivity index (χ0) is 19.2. The molecule has 26 heavy (non-hydrogen) atoms. The van der Waals surface area contributed by atoms with Crippen LogP contribution in [0.25, 0.3) is 0 Å². The van der Waals surface area contributed by atoms with Crippen LogP contribution >= 0.6 is 21.2 Å². The predicted octanol–water partition coefficient (Wildman–Crippen LogP) is 4.94. The molecule has 0 aliphatic rings. The van der Waals surface area contributed by atoms with Crippen LogP contribution in [0, 0.1) is 3.57 Å². The van der Waals surface area contributed by atoms with Crippen LogP contribution in [-0.4, -0.2) is 22.2 Å². The lowest BCUT2D eigenvalue weighted by molar-refractivity contribution is 0.0686. The topological polar surface area (TPSA) is 91.7 Å². The Labute approximate surface area is 161 Å². The van der Waals surface area contributed by atoms with Gasteiger partial charge in [0.05, 0.1) is 11.1 Å². The fourth-order valence-electron chi connectivity index (χ4n) is 1.63. The number of rotatable bonds is 3. The van der Waals surface area contributed by atoms with Crippen molar-refractivity contribution in [1.82, 2.24) is 0 Å². The Morgan fingerprint density at radius 2 is 0.885 bits per heavy atom. The van der Waals surface area contributed by atoms with Crippen LogP contribution in [0.15, 0.2) is 91.0 Å². The average molecular weight is 464 g/mol. The van der Waals surface area contributed by atoms with E-state index in [1.165, 1.54) is 0 Å². The SMILES string of the molecule is O=C(O)c1ccccc1.O=C(O)c1ccccc1.O=Ic1ccccc1. The van der Waals surface area contributed by atoms with Gasteiger partial charge in [-0.15, -0.1) is 0 Å². The van der Waals surface area contributed by atoms with Gasteiger partial charge in [-0.2, -0.15) is 0 Å². The third kappa shape index (κ3) is 8.84. The van der Waals surface area contributed by atoms with E-state index in [4.69, 9.17) is 10.2 Å². The number of hydrogen-bond acceptors (Lipinski definition) is 3. The van der Waals surface area contributed by atoms with Gasteiger partial charge in [0.15, 0.2) is 21.2 Å². The van der Waals surface area contributed by atoms with Crippen LogP contribution < -0.4 is 0 Å². The van der Waals surface area contributed by atoms with Crippen molar-refractivity contribution in [2.24, 2.45) is 0 Å². The summed E-state index contributed by atoms with van der Waals surface area (Å²) in [4.78, 5) is 20.4. The van der Waals surface area contributed by atoms with Gasteiger partial charge in [-0.25, -0.2) is 9.59 Å². The van der Waals surface area contributed by atoms with E-state index in [9.17, 15) is 12.7 Å². The van der Waals surface area contributed by atoms with Crippen LogP contribution in [0.2, 0.25) is 0 Å². The summed E-state index contributed by atoms with van der Waals surface area (Å²) in [6, 6.07) is 26.1. The van der Waals surface area contributed by atoms with Gasteiger partial charge >= 0.3 is 11.9 Å². The van der Waals surface area contributed by atoms with E-state index in [-0.39, 0.29) is 0 Å². The normalized spacial score (nSPS) is 8.92. The number of halogens is 1. The van der Waals surface area contributed by atoms with E-state index in [0.717, 1.165) is 3.57 Å². The first kappa shape index (κ1) is 21.2. The molecule has 0 saturated carbocycles. The van der Waals surface area contributed by atoms with Crippen molar-refractivity contribution in [2.45, 2.75) is 0 Å². The Morgan fingerprint density at radius 1 is 0.577 bits per heavy atom. The third-order valence-corrected chi connectivity index (χ3v) is 4.09. The van der Waals surface area contributed by atoms with E-state index >= 15 is 0 Å². The van der Waals surface area contributed by atoms with Crippen molar-refractivity contribution >= 4 is 33.1 Å². The Hall–Kier alpha value is -2.87. The van der Waals surface area contributed by atoms with Crippen LogP contribution in [0.5, 0.6) is 0 Å². The molecule has 3 aromatic carbocycles. The average Bonchev–Trinajstić information content (AvgIpc) is 2.71. The fraction of sp³-hybridized carbons (Fsp3) is 0. The molecule has 0 fully saturated rings. The molecule has 3 rings (SSSR count). The number of carboxylic acid groups (broad SMARTS) is 2. The quantitative estimate of drug-likeness (QED) is 0.536. The molecule has 0 bridgehead atoms. The second-order valence-corrected chi connectivity index (χ2v) is 6.40. The Balaban J connectivity index is 0.000000195. The molecule has 0 heterocycles. The molecule has 0 amide bonds. The highest BCUT2D eigenvalue weighted by Gasteiger charge is 1.97. The highest BCUT2D eigenvalue weighted by Crippen LogP contribution is 2.06. The predicted molar refractivity (Wildman–Crippen MR) is 107 cm³/mol. The first-order chi connectivity index (χ1) is 12.5. The van der Waals surface area contributed by atoms with E-state index in [1.807, 2.05) is 30.3 Å². The van der Waals surface area contributed by atoms with Crippen LogP contribution in [0.4, 0.5) is 0 Å². The summed E-state index contributed by atoms with van der Waals surface area (Å²) >= 11 is -0.941. The van der Waals surface area contributed by atoms with Gasteiger partial charge in [0, 0.05) is 3.57 Å². The summed E-state index contributed by atoms with van der Waals surface area (Å²) in [6.45, 7) is 0. The monoisotopic (exact) mass is 464 g/mol. The van der Waals surface area contributed by atoms with Gasteiger partial charge in [-0.3, -0.25) is 3.07 Å². The number of carboxylic acids is 2. The number of carbonyl (C=O) groups is 2. The molecule has 0 aromatic heterocycles. The minimum atomic E-state index is -0.941. The lowest BCUT2D eigenvalue weighted by Crippen LogP contribution is -1.93. The van der Waals surface area contributed by atoms with Crippen LogP contribution in [0.3, 0.4) is 0 Å². The highest BCUT2D eigenvalue weighted by molar-refractivity contribution is 14.1. The van der Waals surface area contributed by atoms with Gasteiger partial charge in [-0.05, 0) is 36.4 Å². The van der Waals surface area contributed by atoms with Crippen molar-refractivity contribution in [3.63, 3.8) is 0 Å². The first-order valence-corrected chi connectivity index (χ1v) is 9.39. The van der Waals surface area contributed by atoms with E-state index in [0.29, 0.717) is 11.1 Å². The second-order valence-electron chi connectivity index (χ2n) is 4.72. The largest absolute Gasteiger partial charge is 0.478 e. The number of hydrogen-bond donors (Lipinski definition) is 2. The van der Waals surface area contributed by atoms with E-state index < -0.39 is 33.1 Å². The van der Waals surface area contributed by atoms with Crippen molar-refractivity contribution < 1.29 is 22.9 Å². The smallest absolute Gasteiger partial charge is 0.335 e. The zero-order valence-electron chi connectivity index (χ0n) is 13.7. The fourth-order valence-corrected chi connectivity index (χ4v) is 2.34. The maximum Gasteiger partial charge on any atom is 0.335 e. The summed E-state index contributed by atoms with van der Waals surface area (Å²) in [5.41, 5.74) is 0.662. The van der Waals surface area contributed by atoms with Crippen molar-refractivity contribution in [3.8, 4) is 0 Å². The lowest BCUT2D eigenvalue weighted by Gasteiger charge is -1.88. The third-order valence-electron chi connectivity index (χ3n) is 2.86. The second kappa shape index (κ2) is 12.5. The minimum Gasteiger partial charge on any atom is -0.478 e. The van der Waals surface area contributed by atoms with Gasteiger partial charge in [0.25, 0.3) is 0 Å². The molecule has 0 aliphatic carbocycles. The Morgan fingerprint density at radius 3 is 1.08 bits per heavy atom.